The largest absolute Gasteiger partial charge is 0.470 e. The number of aromatic nitrogens is 1. The van der Waals surface area contributed by atoms with Crippen molar-refractivity contribution in [1.29, 1.82) is 0 Å². The molecule has 2 heterocycles. The minimum Gasteiger partial charge on any atom is -0.470 e. The number of hydrogen-bond donors (Lipinski definition) is 0. The molecule has 0 unspecified atom stereocenters. The Morgan fingerprint density at radius 2 is 2.20 bits per heavy atom. The van der Waals surface area contributed by atoms with Crippen LogP contribution in [0.5, 0.6) is 0 Å². The number of rotatable bonds is 0. The average Bonchev–Trinajstić information content (AvgIpc) is 2.33. The molecule has 0 aliphatic heterocycles. The monoisotopic (exact) mass is 197 g/mol. The summed E-state index contributed by atoms with van der Waals surface area (Å²) in [5.74, 6) is 0. The van der Waals surface area contributed by atoms with Crippen LogP contribution in [-0.2, 0) is 0 Å². The maximum absolute atomic E-state index is 4.94. The highest BCUT2D eigenvalue weighted by molar-refractivity contribution is 9.10. The molecule has 0 atom stereocenters. The minimum atomic E-state index is 0.835. The fourth-order valence-corrected chi connectivity index (χ4v) is 1.15. The molecule has 0 aliphatic carbocycles. The van der Waals surface area contributed by atoms with E-state index in [0.29, 0.717) is 0 Å². The summed E-state index contributed by atoms with van der Waals surface area (Å²) in [5, 5.41) is 1.03. The van der Waals surface area contributed by atoms with E-state index in [-0.39, 0.29) is 0 Å². The van der Waals surface area contributed by atoms with Gasteiger partial charge in [-0.15, -0.1) is 0 Å². The lowest BCUT2D eigenvalue weighted by Crippen LogP contribution is -1.72. The molecule has 0 amide bonds. The number of furan rings is 1. The second kappa shape index (κ2) is 2.09. The van der Waals surface area contributed by atoms with Crippen LogP contribution in [0.4, 0.5) is 0 Å². The zero-order chi connectivity index (χ0) is 6.97. The van der Waals surface area contributed by atoms with Crippen molar-refractivity contribution in [1.82, 2.24) is 4.98 Å². The molecule has 0 bridgehead atoms. The third-order valence-electron chi connectivity index (χ3n) is 1.30. The van der Waals surface area contributed by atoms with Gasteiger partial charge in [0, 0.05) is 5.39 Å². The molecule has 0 saturated heterocycles. The van der Waals surface area contributed by atoms with Crippen molar-refractivity contribution in [3.05, 3.63) is 29.3 Å². The lowest BCUT2D eigenvalue weighted by Gasteiger charge is -1.86. The average molecular weight is 198 g/mol. The quantitative estimate of drug-likeness (QED) is 0.608. The van der Waals surface area contributed by atoms with Crippen LogP contribution in [0.15, 0.2) is 33.7 Å². The normalized spacial score (nSPS) is 10.5. The number of fused-ring (bicyclic) bond motifs is 1. The van der Waals surface area contributed by atoms with Gasteiger partial charge in [0.25, 0.3) is 0 Å². The maximum atomic E-state index is 4.94. The van der Waals surface area contributed by atoms with E-state index in [1.807, 2.05) is 12.1 Å². The fraction of sp³-hybridized carbons (Fsp3) is 0. The molecule has 0 aromatic carbocycles. The molecule has 50 valence electrons. The summed E-state index contributed by atoms with van der Waals surface area (Å²) in [6.07, 6.45) is 3.30. The van der Waals surface area contributed by atoms with Crippen LogP contribution in [0.2, 0.25) is 0 Å². The lowest BCUT2D eigenvalue weighted by atomic mass is 10.3. The number of pyridine rings is 1. The van der Waals surface area contributed by atoms with Crippen LogP contribution in [0.25, 0.3) is 10.9 Å². The summed E-state index contributed by atoms with van der Waals surface area (Å²) in [6.45, 7) is 0. The van der Waals surface area contributed by atoms with Crippen LogP contribution in [0, 0.1) is 0 Å². The zero-order valence-electron chi connectivity index (χ0n) is 5.04. The highest BCUT2D eigenvalue weighted by atomic mass is 79.9. The van der Waals surface area contributed by atoms with E-state index in [9.17, 15) is 0 Å². The van der Waals surface area contributed by atoms with Gasteiger partial charge in [-0.05, 0) is 28.1 Å². The molecule has 2 nitrogen and oxygen atoms in total. The predicted molar refractivity (Wildman–Crippen MR) is 41.7 cm³/mol. The number of nitrogens with zero attached hydrogens (tertiary/aromatic N) is 1. The van der Waals surface area contributed by atoms with Crippen molar-refractivity contribution in [3.63, 3.8) is 0 Å². The highest BCUT2D eigenvalue weighted by Gasteiger charge is 1.95. The Kier molecular flexibility index (Phi) is 1.24. The summed E-state index contributed by atoms with van der Waals surface area (Å²) in [6, 6.07) is 3.84. The van der Waals surface area contributed by atoms with Crippen molar-refractivity contribution < 1.29 is 4.42 Å². The third-order valence-corrected chi connectivity index (χ3v) is 1.74. The maximum Gasteiger partial charge on any atom is 0.117 e. The van der Waals surface area contributed by atoms with E-state index in [1.54, 1.807) is 12.5 Å². The Morgan fingerprint density at radius 3 is 3.10 bits per heavy atom. The second-order valence-electron chi connectivity index (χ2n) is 1.98. The topological polar surface area (TPSA) is 26.0 Å². The summed E-state index contributed by atoms with van der Waals surface area (Å²) >= 11 is 3.26. The Bertz CT molecular complexity index is 355. The highest BCUT2D eigenvalue weighted by Crippen LogP contribution is 2.15. The van der Waals surface area contributed by atoms with Gasteiger partial charge in [0.15, 0.2) is 0 Å². The Balaban J connectivity index is 2.86. The fourth-order valence-electron chi connectivity index (χ4n) is 0.827. The van der Waals surface area contributed by atoms with Crippen LogP contribution in [0.1, 0.15) is 0 Å². The zero-order valence-corrected chi connectivity index (χ0v) is 6.63. The molecule has 2 rings (SSSR count). The smallest absolute Gasteiger partial charge is 0.117 e. The molecule has 2 aromatic heterocycles. The summed E-state index contributed by atoms with van der Waals surface area (Å²) in [5.41, 5.74) is 0.884. The molecule has 0 radical (unpaired) electrons. The standard InChI is InChI=1S/C7H4BrNO/c8-7-2-1-5-3-10-4-6(5)9-7/h1-4H. The van der Waals surface area contributed by atoms with Crippen molar-refractivity contribution in [2.75, 3.05) is 0 Å². The molecule has 0 fully saturated rings. The number of hydrogen-bond acceptors (Lipinski definition) is 2. The van der Waals surface area contributed by atoms with Gasteiger partial charge in [0.2, 0.25) is 0 Å². The minimum absolute atomic E-state index is 0.835. The first-order chi connectivity index (χ1) is 4.86. The molecule has 3 heteroatoms. The van der Waals surface area contributed by atoms with E-state index in [2.05, 4.69) is 20.9 Å². The molecule has 2 aromatic rings. The third kappa shape index (κ3) is 0.827. The van der Waals surface area contributed by atoms with Crippen LogP contribution >= 0.6 is 15.9 Å². The van der Waals surface area contributed by atoms with E-state index in [4.69, 9.17) is 4.42 Å². The predicted octanol–water partition coefficient (Wildman–Crippen LogP) is 2.59. The van der Waals surface area contributed by atoms with E-state index in [1.165, 1.54) is 0 Å². The molecule has 0 aliphatic rings. The van der Waals surface area contributed by atoms with E-state index in [0.717, 1.165) is 15.5 Å². The van der Waals surface area contributed by atoms with Crippen LogP contribution in [0.3, 0.4) is 0 Å². The molecular weight excluding hydrogens is 194 g/mol. The van der Waals surface area contributed by atoms with Gasteiger partial charge in [-0.3, -0.25) is 0 Å². The summed E-state index contributed by atoms with van der Waals surface area (Å²) < 4.78 is 5.77. The summed E-state index contributed by atoms with van der Waals surface area (Å²) in [4.78, 5) is 4.16. The van der Waals surface area contributed by atoms with Crippen LogP contribution < -0.4 is 0 Å². The van der Waals surface area contributed by atoms with E-state index < -0.39 is 0 Å². The second-order valence-corrected chi connectivity index (χ2v) is 2.79. The molecule has 0 N–H and O–H groups in total. The van der Waals surface area contributed by atoms with Crippen molar-refractivity contribution >= 4 is 26.8 Å². The molecule has 0 saturated carbocycles. The molecular formula is C7H4BrNO. The Labute approximate surface area is 66.0 Å². The molecule has 10 heavy (non-hydrogen) atoms. The molecule has 0 spiro atoms. The van der Waals surface area contributed by atoms with Gasteiger partial charge in [0.05, 0.1) is 6.26 Å². The van der Waals surface area contributed by atoms with Gasteiger partial charge in [-0.1, -0.05) is 0 Å². The van der Waals surface area contributed by atoms with Gasteiger partial charge in [-0.25, -0.2) is 4.98 Å². The van der Waals surface area contributed by atoms with Crippen molar-refractivity contribution in [2.45, 2.75) is 0 Å². The van der Waals surface area contributed by atoms with Gasteiger partial charge >= 0.3 is 0 Å². The SMILES string of the molecule is Brc1ccc2cocc2n1. The van der Waals surface area contributed by atoms with E-state index >= 15 is 0 Å². The Morgan fingerprint density at radius 1 is 1.30 bits per heavy atom. The van der Waals surface area contributed by atoms with Gasteiger partial charge < -0.3 is 4.42 Å². The summed E-state index contributed by atoms with van der Waals surface area (Å²) in [7, 11) is 0. The first-order valence-corrected chi connectivity index (χ1v) is 3.64. The van der Waals surface area contributed by atoms with Crippen molar-refractivity contribution in [3.8, 4) is 0 Å². The van der Waals surface area contributed by atoms with Crippen molar-refractivity contribution in [2.24, 2.45) is 0 Å². The number of halogens is 1. The first-order valence-electron chi connectivity index (χ1n) is 2.85. The lowest BCUT2D eigenvalue weighted by molar-refractivity contribution is 0.572. The van der Waals surface area contributed by atoms with Gasteiger partial charge in [0.1, 0.15) is 16.4 Å². The first kappa shape index (κ1) is 5.92. The Hall–Kier alpha value is -0.830. The van der Waals surface area contributed by atoms with Crippen LogP contribution in [-0.4, -0.2) is 4.98 Å². The van der Waals surface area contributed by atoms with Gasteiger partial charge in [-0.2, -0.15) is 0 Å².